The lowest BCUT2D eigenvalue weighted by Gasteiger charge is -2.09. The van der Waals surface area contributed by atoms with Crippen molar-refractivity contribution in [3.8, 4) is 0 Å². The molecule has 0 amide bonds. The third-order valence-corrected chi connectivity index (χ3v) is 2.59. The number of hydrogen-bond acceptors (Lipinski definition) is 4. The summed E-state index contributed by atoms with van der Waals surface area (Å²) >= 11 is 3.33. The van der Waals surface area contributed by atoms with Gasteiger partial charge in [0, 0.05) is 13.5 Å². The summed E-state index contributed by atoms with van der Waals surface area (Å²) in [6.45, 7) is 0. The van der Waals surface area contributed by atoms with Gasteiger partial charge in [0.2, 0.25) is 0 Å². The number of carbonyl (C=O) groups excluding carboxylic acids is 1. The van der Waals surface area contributed by atoms with Gasteiger partial charge in [0.05, 0.1) is 23.5 Å². The highest BCUT2D eigenvalue weighted by Gasteiger charge is 2.17. The molecule has 6 heteroatoms. The van der Waals surface area contributed by atoms with Gasteiger partial charge >= 0.3 is 5.97 Å². The lowest BCUT2D eigenvalue weighted by molar-refractivity contribution is -0.142. The molecular formula is C8H12BrN3O2. The van der Waals surface area contributed by atoms with Gasteiger partial charge in [-0.05, 0) is 15.9 Å². The number of nitrogens with zero attached hydrogens (tertiary/aromatic N) is 2. The second kappa shape index (κ2) is 4.56. The fourth-order valence-electron chi connectivity index (χ4n) is 1.11. The van der Waals surface area contributed by atoms with Crippen molar-refractivity contribution < 1.29 is 9.53 Å². The van der Waals surface area contributed by atoms with Crippen LogP contribution in [-0.4, -0.2) is 28.9 Å². The Kier molecular flexibility index (Phi) is 3.65. The Balaban J connectivity index is 2.73. The van der Waals surface area contributed by atoms with E-state index in [1.807, 2.05) is 0 Å². The number of nitrogens with two attached hydrogens (primary N) is 1. The molecule has 1 aromatic rings. The molecule has 0 saturated carbocycles. The molecule has 1 rings (SSSR count). The van der Waals surface area contributed by atoms with Gasteiger partial charge in [-0.1, -0.05) is 0 Å². The SMILES string of the molecule is COC(=O)C(N)Cc1c(Br)cnn1C. The maximum atomic E-state index is 11.1. The fourth-order valence-corrected chi connectivity index (χ4v) is 1.62. The second-order valence-corrected chi connectivity index (χ2v) is 3.75. The first-order valence-corrected chi connectivity index (χ1v) is 4.85. The number of rotatable bonds is 3. The van der Waals surface area contributed by atoms with Crippen molar-refractivity contribution in [2.75, 3.05) is 7.11 Å². The van der Waals surface area contributed by atoms with Crippen molar-refractivity contribution >= 4 is 21.9 Å². The molecule has 0 bridgehead atoms. The van der Waals surface area contributed by atoms with Crippen LogP contribution in [-0.2, 0) is 23.0 Å². The lowest BCUT2D eigenvalue weighted by Crippen LogP contribution is -2.34. The van der Waals surface area contributed by atoms with E-state index < -0.39 is 12.0 Å². The first-order valence-electron chi connectivity index (χ1n) is 4.06. The standard InChI is InChI=1S/C8H12BrN3O2/c1-12-7(5(9)4-11-12)3-6(10)8(13)14-2/h4,6H,3,10H2,1-2H3. The van der Waals surface area contributed by atoms with Crippen molar-refractivity contribution in [3.63, 3.8) is 0 Å². The lowest BCUT2D eigenvalue weighted by atomic mass is 10.2. The molecule has 0 spiro atoms. The van der Waals surface area contributed by atoms with Gasteiger partial charge in [-0.3, -0.25) is 9.48 Å². The summed E-state index contributed by atoms with van der Waals surface area (Å²) in [6, 6.07) is -0.647. The van der Waals surface area contributed by atoms with Crippen molar-refractivity contribution in [2.24, 2.45) is 12.8 Å². The molecule has 5 nitrogen and oxygen atoms in total. The summed E-state index contributed by atoms with van der Waals surface area (Å²) in [6.07, 6.45) is 2.07. The van der Waals surface area contributed by atoms with Crippen molar-refractivity contribution in [1.29, 1.82) is 0 Å². The average molecular weight is 262 g/mol. The van der Waals surface area contributed by atoms with Crippen LogP contribution < -0.4 is 5.73 Å². The molecule has 14 heavy (non-hydrogen) atoms. The third kappa shape index (κ3) is 2.33. The molecule has 0 aromatic carbocycles. The normalized spacial score (nSPS) is 12.6. The zero-order chi connectivity index (χ0) is 10.7. The Hall–Kier alpha value is -0.880. The summed E-state index contributed by atoms with van der Waals surface area (Å²) in [7, 11) is 3.12. The number of ether oxygens (including phenoxy) is 1. The van der Waals surface area contributed by atoms with E-state index in [9.17, 15) is 4.79 Å². The summed E-state index contributed by atoms with van der Waals surface area (Å²) in [5, 5.41) is 4.02. The molecule has 0 aliphatic heterocycles. The first kappa shape index (κ1) is 11.2. The van der Waals surface area contributed by atoms with Crippen molar-refractivity contribution in [2.45, 2.75) is 12.5 Å². The molecule has 1 unspecified atom stereocenters. The molecule has 0 aliphatic rings. The maximum absolute atomic E-state index is 11.1. The highest BCUT2D eigenvalue weighted by atomic mass is 79.9. The molecule has 0 radical (unpaired) electrons. The number of aromatic nitrogens is 2. The smallest absolute Gasteiger partial charge is 0.323 e. The van der Waals surface area contributed by atoms with Crippen LogP contribution in [0.15, 0.2) is 10.7 Å². The zero-order valence-corrected chi connectivity index (χ0v) is 9.61. The van der Waals surface area contributed by atoms with Gasteiger partial charge in [-0.2, -0.15) is 5.10 Å². The number of carbonyl (C=O) groups is 1. The quantitative estimate of drug-likeness (QED) is 0.791. The van der Waals surface area contributed by atoms with Gasteiger partial charge in [0.1, 0.15) is 6.04 Å². The van der Waals surface area contributed by atoms with Crippen molar-refractivity contribution in [3.05, 3.63) is 16.4 Å². The Morgan fingerprint density at radius 3 is 2.93 bits per heavy atom. The van der Waals surface area contributed by atoms with Crippen molar-refractivity contribution in [1.82, 2.24) is 9.78 Å². The van der Waals surface area contributed by atoms with Gasteiger partial charge in [-0.15, -0.1) is 0 Å². The van der Waals surface area contributed by atoms with E-state index in [0.29, 0.717) is 6.42 Å². The molecule has 78 valence electrons. The first-order chi connectivity index (χ1) is 6.56. The number of methoxy groups -OCH3 is 1. The number of aryl methyl sites for hydroxylation is 1. The monoisotopic (exact) mass is 261 g/mol. The number of esters is 1. The van der Waals surface area contributed by atoms with Gasteiger partial charge in [0.15, 0.2) is 0 Å². The predicted molar refractivity (Wildman–Crippen MR) is 54.6 cm³/mol. The fraction of sp³-hybridized carbons (Fsp3) is 0.500. The highest BCUT2D eigenvalue weighted by Crippen LogP contribution is 2.16. The number of halogens is 1. The van der Waals surface area contributed by atoms with Crippen LogP contribution in [0.3, 0.4) is 0 Å². The molecular weight excluding hydrogens is 250 g/mol. The van der Waals surface area contributed by atoms with Gasteiger partial charge < -0.3 is 10.5 Å². The minimum atomic E-state index is -0.647. The molecule has 0 saturated heterocycles. The molecule has 1 atom stereocenters. The van der Waals surface area contributed by atoms with Crippen LogP contribution >= 0.6 is 15.9 Å². The van der Waals surface area contributed by atoms with E-state index in [1.165, 1.54) is 7.11 Å². The largest absolute Gasteiger partial charge is 0.468 e. The molecule has 0 aliphatic carbocycles. The summed E-state index contributed by atoms with van der Waals surface area (Å²) < 4.78 is 7.05. The Morgan fingerprint density at radius 2 is 2.50 bits per heavy atom. The molecule has 0 fully saturated rings. The van der Waals surface area contributed by atoms with Crippen LogP contribution in [0.4, 0.5) is 0 Å². The zero-order valence-electron chi connectivity index (χ0n) is 8.03. The van der Waals surface area contributed by atoms with Crippen LogP contribution in [0, 0.1) is 0 Å². The predicted octanol–water partition coefficient (Wildman–Crippen LogP) is 0.225. The molecule has 1 aromatic heterocycles. The molecule has 2 N–H and O–H groups in total. The second-order valence-electron chi connectivity index (χ2n) is 2.90. The summed E-state index contributed by atoms with van der Waals surface area (Å²) in [5.74, 6) is -0.418. The average Bonchev–Trinajstić information content (AvgIpc) is 2.48. The van der Waals surface area contributed by atoms with E-state index in [2.05, 4.69) is 25.8 Å². The Morgan fingerprint density at radius 1 is 1.86 bits per heavy atom. The van der Waals surface area contributed by atoms with Gasteiger partial charge in [0.25, 0.3) is 0 Å². The minimum Gasteiger partial charge on any atom is -0.468 e. The Bertz CT molecular complexity index is 318. The van der Waals surface area contributed by atoms with E-state index in [-0.39, 0.29) is 0 Å². The molecule has 1 heterocycles. The maximum Gasteiger partial charge on any atom is 0.323 e. The minimum absolute atomic E-state index is 0.407. The van der Waals surface area contributed by atoms with E-state index >= 15 is 0 Å². The van der Waals surface area contributed by atoms with E-state index in [4.69, 9.17) is 5.73 Å². The topological polar surface area (TPSA) is 70.1 Å². The Labute approximate surface area is 90.3 Å². The summed E-state index contributed by atoms with van der Waals surface area (Å²) in [5.41, 5.74) is 6.50. The highest BCUT2D eigenvalue weighted by molar-refractivity contribution is 9.10. The third-order valence-electron chi connectivity index (χ3n) is 1.93. The number of hydrogen-bond donors (Lipinski definition) is 1. The van der Waals surface area contributed by atoms with Crippen LogP contribution in [0.25, 0.3) is 0 Å². The van der Waals surface area contributed by atoms with Gasteiger partial charge in [-0.25, -0.2) is 0 Å². The van der Waals surface area contributed by atoms with E-state index in [1.54, 1.807) is 17.9 Å². The summed E-state index contributed by atoms with van der Waals surface area (Å²) in [4.78, 5) is 11.1. The van der Waals surface area contributed by atoms with Crippen LogP contribution in [0.1, 0.15) is 5.69 Å². The van der Waals surface area contributed by atoms with E-state index in [0.717, 1.165) is 10.2 Å². The van der Waals surface area contributed by atoms with Crippen LogP contribution in [0.2, 0.25) is 0 Å². The van der Waals surface area contributed by atoms with Crippen LogP contribution in [0.5, 0.6) is 0 Å².